The highest BCUT2D eigenvalue weighted by molar-refractivity contribution is 7.80. The fourth-order valence-corrected chi connectivity index (χ4v) is 1.22. The van der Waals surface area contributed by atoms with Crippen molar-refractivity contribution in [2.45, 2.75) is 32.6 Å². The van der Waals surface area contributed by atoms with Gasteiger partial charge in [-0.15, -0.1) is 11.6 Å². The fourth-order valence-electron chi connectivity index (χ4n) is 0.774. The van der Waals surface area contributed by atoms with Crippen LogP contribution in [0.15, 0.2) is 0 Å². The highest BCUT2D eigenvalue weighted by atomic mass is 35.5. The van der Waals surface area contributed by atoms with Crippen molar-refractivity contribution >= 4 is 28.9 Å². The third-order valence-corrected chi connectivity index (χ3v) is 1.91. The molecular weight excluding hydrogens is 180 g/mol. The maximum atomic E-state index is 5.51. The number of rotatable bonds is 6. The van der Waals surface area contributed by atoms with Crippen LogP contribution in [0.1, 0.15) is 32.6 Å². The van der Waals surface area contributed by atoms with Gasteiger partial charge < -0.3 is 4.74 Å². The Hall–Kier alpha value is 0.180. The summed E-state index contributed by atoms with van der Waals surface area (Å²) in [4.78, 5) is 0. The fraction of sp³-hybridized carbons (Fsp3) is 0.875. The molecule has 0 rings (SSSR count). The standard InChI is InChI=1S/C8H15ClOS/c1-2-10-8(11)6-4-3-5-7-9/h2-7H2,1H3. The van der Waals surface area contributed by atoms with Crippen LogP contribution in [0, 0.1) is 0 Å². The minimum atomic E-state index is 0.689. The van der Waals surface area contributed by atoms with Crippen molar-refractivity contribution in [2.24, 2.45) is 0 Å². The Morgan fingerprint density at radius 2 is 2.09 bits per heavy atom. The summed E-state index contributed by atoms with van der Waals surface area (Å²) < 4.78 is 5.12. The third-order valence-electron chi connectivity index (χ3n) is 1.32. The number of thiocarbonyl (C=S) groups is 1. The molecule has 0 aromatic rings. The largest absolute Gasteiger partial charge is 0.487 e. The van der Waals surface area contributed by atoms with Crippen LogP contribution in [0.4, 0.5) is 0 Å². The minimum Gasteiger partial charge on any atom is -0.487 e. The van der Waals surface area contributed by atoms with E-state index in [2.05, 4.69) is 0 Å². The molecule has 11 heavy (non-hydrogen) atoms. The van der Waals surface area contributed by atoms with Crippen molar-refractivity contribution < 1.29 is 4.74 Å². The normalized spacial score (nSPS) is 9.64. The lowest BCUT2D eigenvalue weighted by molar-refractivity contribution is 0.325. The molecule has 0 atom stereocenters. The van der Waals surface area contributed by atoms with Gasteiger partial charge in [0.25, 0.3) is 0 Å². The van der Waals surface area contributed by atoms with E-state index in [4.69, 9.17) is 28.6 Å². The van der Waals surface area contributed by atoms with Gasteiger partial charge in [-0.05, 0) is 32.0 Å². The van der Waals surface area contributed by atoms with E-state index in [0.717, 1.165) is 36.6 Å². The van der Waals surface area contributed by atoms with Crippen molar-refractivity contribution in [1.29, 1.82) is 0 Å². The molecule has 1 nitrogen and oxygen atoms in total. The zero-order valence-electron chi connectivity index (χ0n) is 6.94. The molecule has 0 N–H and O–H groups in total. The van der Waals surface area contributed by atoms with Gasteiger partial charge in [0.05, 0.1) is 6.61 Å². The van der Waals surface area contributed by atoms with Crippen molar-refractivity contribution in [3.8, 4) is 0 Å². The molecule has 66 valence electrons. The molecule has 0 heterocycles. The van der Waals surface area contributed by atoms with Crippen molar-refractivity contribution in [2.75, 3.05) is 12.5 Å². The van der Waals surface area contributed by atoms with E-state index < -0.39 is 0 Å². The van der Waals surface area contributed by atoms with Crippen LogP contribution in [0.25, 0.3) is 0 Å². The first-order chi connectivity index (χ1) is 5.31. The van der Waals surface area contributed by atoms with Crippen LogP contribution >= 0.6 is 23.8 Å². The van der Waals surface area contributed by atoms with Gasteiger partial charge in [0, 0.05) is 12.3 Å². The van der Waals surface area contributed by atoms with Crippen LogP contribution in [0.3, 0.4) is 0 Å². The van der Waals surface area contributed by atoms with Crippen LogP contribution in [0.5, 0.6) is 0 Å². The number of unbranched alkanes of at least 4 members (excludes halogenated alkanes) is 2. The predicted molar refractivity (Wildman–Crippen MR) is 53.4 cm³/mol. The van der Waals surface area contributed by atoms with Crippen molar-refractivity contribution in [1.82, 2.24) is 0 Å². The number of hydrogen-bond donors (Lipinski definition) is 0. The Labute approximate surface area is 79.1 Å². The molecule has 0 aliphatic carbocycles. The average Bonchev–Trinajstić information content (AvgIpc) is 1.99. The van der Waals surface area contributed by atoms with Crippen LogP contribution in [0.2, 0.25) is 0 Å². The second kappa shape index (κ2) is 8.28. The summed E-state index contributed by atoms with van der Waals surface area (Å²) in [6.45, 7) is 2.64. The van der Waals surface area contributed by atoms with Gasteiger partial charge >= 0.3 is 0 Å². The van der Waals surface area contributed by atoms with Gasteiger partial charge in [0.15, 0.2) is 5.05 Å². The Balaban J connectivity index is 3.04. The second-order valence-electron chi connectivity index (χ2n) is 2.30. The first kappa shape index (κ1) is 11.2. The maximum absolute atomic E-state index is 5.51. The van der Waals surface area contributed by atoms with E-state index in [-0.39, 0.29) is 0 Å². The number of alkyl halides is 1. The first-order valence-electron chi connectivity index (χ1n) is 4.02. The molecule has 0 aromatic heterocycles. The van der Waals surface area contributed by atoms with Crippen molar-refractivity contribution in [3.63, 3.8) is 0 Å². The molecule has 0 aromatic carbocycles. The second-order valence-corrected chi connectivity index (χ2v) is 3.14. The zero-order chi connectivity index (χ0) is 8.53. The average molecular weight is 195 g/mol. The van der Waals surface area contributed by atoms with Crippen LogP contribution < -0.4 is 0 Å². The highest BCUT2D eigenvalue weighted by Crippen LogP contribution is 2.03. The zero-order valence-corrected chi connectivity index (χ0v) is 8.51. The van der Waals surface area contributed by atoms with E-state index in [0.29, 0.717) is 6.61 Å². The Morgan fingerprint density at radius 1 is 1.36 bits per heavy atom. The SMILES string of the molecule is CCOC(=S)CCCCCCl. The molecule has 0 saturated heterocycles. The highest BCUT2D eigenvalue weighted by Gasteiger charge is 1.95. The number of hydrogen-bond acceptors (Lipinski definition) is 2. The third kappa shape index (κ3) is 8.08. The quantitative estimate of drug-likeness (QED) is 0.365. The summed E-state index contributed by atoms with van der Waals surface area (Å²) in [6, 6.07) is 0. The van der Waals surface area contributed by atoms with E-state index in [1.807, 2.05) is 6.92 Å². The first-order valence-corrected chi connectivity index (χ1v) is 4.97. The van der Waals surface area contributed by atoms with Gasteiger partial charge in [-0.1, -0.05) is 6.42 Å². The smallest absolute Gasteiger partial charge is 0.159 e. The molecule has 3 heteroatoms. The summed E-state index contributed by atoms with van der Waals surface area (Å²) >= 11 is 10.5. The predicted octanol–water partition coefficient (Wildman–Crippen LogP) is 3.15. The van der Waals surface area contributed by atoms with Crippen LogP contribution in [-0.2, 0) is 4.74 Å². The van der Waals surface area contributed by atoms with Gasteiger partial charge in [-0.2, -0.15) is 0 Å². The lowest BCUT2D eigenvalue weighted by Gasteiger charge is -2.03. The summed E-state index contributed by atoms with van der Waals surface area (Å²) in [7, 11) is 0. The molecule has 0 amide bonds. The Morgan fingerprint density at radius 3 is 2.64 bits per heavy atom. The van der Waals surface area contributed by atoms with E-state index in [1.165, 1.54) is 0 Å². The lowest BCUT2D eigenvalue weighted by Crippen LogP contribution is -2.00. The summed E-state index contributed by atoms with van der Waals surface area (Å²) in [6.07, 6.45) is 4.23. The molecule has 0 radical (unpaired) electrons. The monoisotopic (exact) mass is 194 g/mol. The van der Waals surface area contributed by atoms with Gasteiger partial charge in [0.2, 0.25) is 0 Å². The Bertz CT molecular complexity index is 106. The van der Waals surface area contributed by atoms with Crippen molar-refractivity contribution in [3.05, 3.63) is 0 Å². The molecule has 0 bridgehead atoms. The van der Waals surface area contributed by atoms with E-state index >= 15 is 0 Å². The van der Waals surface area contributed by atoms with Gasteiger partial charge in [-0.3, -0.25) is 0 Å². The van der Waals surface area contributed by atoms with Gasteiger partial charge in [0.1, 0.15) is 0 Å². The minimum absolute atomic E-state index is 0.689. The molecule has 0 aliphatic heterocycles. The number of halogens is 1. The van der Waals surface area contributed by atoms with E-state index in [1.54, 1.807) is 0 Å². The number of ether oxygens (including phenoxy) is 1. The van der Waals surface area contributed by atoms with Crippen LogP contribution in [-0.4, -0.2) is 17.5 Å². The molecule has 0 saturated carbocycles. The molecular formula is C8H15ClOS. The molecule has 0 fully saturated rings. The summed E-state index contributed by atoms with van der Waals surface area (Å²) in [5, 5.41) is 0.738. The maximum Gasteiger partial charge on any atom is 0.159 e. The van der Waals surface area contributed by atoms with E-state index in [9.17, 15) is 0 Å². The lowest BCUT2D eigenvalue weighted by atomic mass is 10.2. The molecule has 0 unspecified atom stereocenters. The molecule has 0 spiro atoms. The Kier molecular flexibility index (Phi) is 8.41. The van der Waals surface area contributed by atoms with Gasteiger partial charge in [-0.25, -0.2) is 0 Å². The topological polar surface area (TPSA) is 9.23 Å². The molecule has 0 aliphatic rings. The summed E-state index contributed by atoms with van der Waals surface area (Å²) in [5.74, 6) is 0.751. The summed E-state index contributed by atoms with van der Waals surface area (Å²) in [5.41, 5.74) is 0.